The second-order valence-corrected chi connectivity index (χ2v) is 8.28. The van der Waals surface area contributed by atoms with Crippen molar-refractivity contribution in [2.75, 3.05) is 26.3 Å². The van der Waals surface area contributed by atoms with Gasteiger partial charge in [0.15, 0.2) is 11.0 Å². The van der Waals surface area contributed by atoms with E-state index in [1.165, 1.54) is 16.8 Å². The molecule has 0 atom stereocenters. The topological polar surface area (TPSA) is 90.6 Å². The molecule has 2 aromatic carbocycles. The maximum absolute atomic E-state index is 12.6. The van der Waals surface area contributed by atoms with Crippen LogP contribution in [0.15, 0.2) is 70.3 Å². The van der Waals surface area contributed by atoms with Crippen molar-refractivity contribution in [1.29, 1.82) is 5.41 Å². The average molecular weight is 448 g/mol. The molecule has 3 heterocycles. The molecule has 1 saturated heterocycles. The maximum atomic E-state index is 12.6. The Kier molecular flexibility index (Phi) is 5.74. The van der Waals surface area contributed by atoms with Crippen LogP contribution in [0, 0.1) is 5.41 Å². The Morgan fingerprint density at radius 2 is 1.81 bits per heavy atom. The lowest BCUT2D eigenvalue weighted by Gasteiger charge is -2.26. The van der Waals surface area contributed by atoms with Crippen LogP contribution >= 0.6 is 11.8 Å². The molecule has 2 aromatic rings. The Bertz CT molecular complexity index is 1120. The first kappa shape index (κ1) is 20.5. The van der Waals surface area contributed by atoms with E-state index < -0.39 is 5.91 Å². The molecule has 3 aliphatic rings. The molecule has 8 nitrogen and oxygen atoms in total. The first-order valence-electron chi connectivity index (χ1n) is 10.3. The highest BCUT2D eigenvalue weighted by Crippen LogP contribution is 2.30. The zero-order chi connectivity index (χ0) is 21.9. The number of carbonyl (C=O) groups is 1. The van der Waals surface area contributed by atoms with E-state index in [0.29, 0.717) is 25.0 Å². The molecule has 9 heteroatoms. The lowest BCUT2D eigenvalue weighted by atomic mass is 10.1. The minimum Gasteiger partial charge on any atom is -0.489 e. The smallest absolute Gasteiger partial charge is 0.283 e. The van der Waals surface area contributed by atoms with E-state index in [0.717, 1.165) is 35.1 Å². The van der Waals surface area contributed by atoms with Crippen LogP contribution in [0.25, 0.3) is 6.08 Å². The first-order valence-corrected chi connectivity index (χ1v) is 11.1. The van der Waals surface area contributed by atoms with Crippen molar-refractivity contribution in [3.8, 4) is 5.75 Å². The van der Waals surface area contributed by atoms with Gasteiger partial charge in [-0.05, 0) is 41.1 Å². The number of rotatable bonds is 4. The number of benzene rings is 2. The van der Waals surface area contributed by atoms with Gasteiger partial charge in [-0.3, -0.25) is 10.2 Å². The molecule has 1 fully saturated rings. The summed E-state index contributed by atoms with van der Waals surface area (Å²) in [4.78, 5) is 18.9. The molecule has 3 aliphatic heterocycles. The molecule has 0 radical (unpaired) electrons. The highest BCUT2D eigenvalue weighted by Gasteiger charge is 2.37. The van der Waals surface area contributed by atoms with Crippen LogP contribution in [0.4, 0.5) is 0 Å². The zero-order valence-corrected chi connectivity index (χ0v) is 18.0. The molecule has 0 saturated carbocycles. The van der Waals surface area contributed by atoms with Crippen molar-refractivity contribution in [2.45, 2.75) is 6.61 Å². The van der Waals surface area contributed by atoms with Crippen molar-refractivity contribution in [1.82, 2.24) is 9.91 Å². The number of ether oxygens (including phenoxy) is 2. The van der Waals surface area contributed by atoms with Crippen molar-refractivity contribution in [2.24, 2.45) is 10.1 Å². The quantitative estimate of drug-likeness (QED) is 0.724. The molecular formula is C23H21N5O3S. The summed E-state index contributed by atoms with van der Waals surface area (Å²) in [7, 11) is 0. The molecule has 162 valence electrons. The fourth-order valence-electron chi connectivity index (χ4n) is 3.43. The first-order chi connectivity index (χ1) is 15.7. The number of fused-ring (bicyclic) bond motifs is 1. The number of amidine groups is 3. The fourth-order valence-corrected chi connectivity index (χ4v) is 4.38. The van der Waals surface area contributed by atoms with Crippen molar-refractivity contribution in [3.05, 3.63) is 71.3 Å². The molecule has 0 aliphatic carbocycles. The molecule has 0 bridgehead atoms. The van der Waals surface area contributed by atoms with Crippen molar-refractivity contribution < 1.29 is 14.3 Å². The number of amides is 1. The second kappa shape index (κ2) is 8.97. The summed E-state index contributed by atoms with van der Waals surface area (Å²) in [5.74, 6) is 0.328. The number of nitrogens with zero attached hydrogens (tertiary/aromatic N) is 4. The third-order valence-corrected chi connectivity index (χ3v) is 6.13. The highest BCUT2D eigenvalue weighted by molar-refractivity contribution is 8.26. The standard InChI is InChI=1S/C23H21N5O3S/c24-20-19(14-16-6-8-18(9-7-16)31-15-17-4-2-1-3-5-17)21(29)25-22-28(20)26-23(32-22)27-10-12-30-13-11-27/h1-9,14,24H,10-13,15H2/b19-14-,24-20?. The molecule has 1 N–H and O–H groups in total. The van der Waals surface area contributed by atoms with Crippen LogP contribution in [0.2, 0.25) is 0 Å². The van der Waals surface area contributed by atoms with Gasteiger partial charge in [-0.15, -0.1) is 5.10 Å². The molecule has 0 unspecified atom stereocenters. The lowest BCUT2D eigenvalue weighted by molar-refractivity contribution is -0.114. The molecule has 0 spiro atoms. The number of thioether (sulfide) groups is 1. The average Bonchev–Trinajstić information content (AvgIpc) is 3.27. The van der Waals surface area contributed by atoms with Gasteiger partial charge in [-0.1, -0.05) is 42.5 Å². The van der Waals surface area contributed by atoms with Gasteiger partial charge < -0.3 is 14.4 Å². The summed E-state index contributed by atoms with van der Waals surface area (Å²) in [6.07, 6.45) is 1.67. The number of hydrazone groups is 1. The van der Waals surface area contributed by atoms with Crippen LogP contribution in [0.1, 0.15) is 11.1 Å². The van der Waals surface area contributed by atoms with Gasteiger partial charge in [0.2, 0.25) is 5.17 Å². The van der Waals surface area contributed by atoms with Gasteiger partial charge in [0.25, 0.3) is 5.91 Å². The summed E-state index contributed by atoms with van der Waals surface area (Å²) >= 11 is 1.31. The summed E-state index contributed by atoms with van der Waals surface area (Å²) in [6, 6.07) is 17.4. The summed E-state index contributed by atoms with van der Waals surface area (Å²) in [5, 5.41) is 15.6. The second-order valence-electron chi connectivity index (χ2n) is 7.35. The van der Waals surface area contributed by atoms with Gasteiger partial charge in [-0.2, -0.15) is 10.0 Å². The lowest BCUT2D eigenvalue weighted by Crippen LogP contribution is -2.39. The van der Waals surface area contributed by atoms with E-state index in [1.807, 2.05) is 54.6 Å². The molecule has 0 aromatic heterocycles. The Morgan fingerprint density at radius 1 is 1.06 bits per heavy atom. The predicted molar refractivity (Wildman–Crippen MR) is 125 cm³/mol. The van der Waals surface area contributed by atoms with Crippen LogP contribution in [-0.4, -0.2) is 58.3 Å². The summed E-state index contributed by atoms with van der Waals surface area (Å²) < 4.78 is 11.2. The predicted octanol–water partition coefficient (Wildman–Crippen LogP) is 3.17. The number of aliphatic imine (C=N–C) groups is 1. The molecule has 32 heavy (non-hydrogen) atoms. The number of nitrogens with one attached hydrogen (secondary N) is 1. The minimum atomic E-state index is -0.434. The van der Waals surface area contributed by atoms with Gasteiger partial charge in [-0.25, -0.2) is 0 Å². The van der Waals surface area contributed by atoms with Crippen molar-refractivity contribution >= 4 is 39.9 Å². The zero-order valence-electron chi connectivity index (χ0n) is 17.2. The molecule has 5 rings (SSSR count). The van der Waals surface area contributed by atoms with Crippen LogP contribution < -0.4 is 4.74 Å². The van der Waals surface area contributed by atoms with Crippen LogP contribution in [0.5, 0.6) is 5.75 Å². The van der Waals surface area contributed by atoms with E-state index in [1.54, 1.807) is 6.08 Å². The van der Waals surface area contributed by atoms with E-state index in [4.69, 9.17) is 14.9 Å². The number of carbonyl (C=O) groups excluding carboxylic acids is 1. The Balaban J connectivity index is 1.29. The van der Waals surface area contributed by atoms with E-state index >= 15 is 0 Å². The Labute approximate surface area is 189 Å². The summed E-state index contributed by atoms with van der Waals surface area (Å²) in [6.45, 7) is 3.22. The normalized spacial score (nSPS) is 19.7. The number of hydrogen-bond acceptors (Lipinski definition) is 7. The Morgan fingerprint density at radius 3 is 2.56 bits per heavy atom. The largest absolute Gasteiger partial charge is 0.489 e. The third-order valence-electron chi connectivity index (χ3n) is 5.16. The minimum absolute atomic E-state index is 0.0279. The molecular weight excluding hydrogens is 426 g/mol. The van der Waals surface area contributed by atoms with Crippen LogP contribution in [0.3, 0.4) is 0 Å². The fraction of sp³-hybridized carbons (Fsp3) is 0.217. The van der Waals surface area contributed by atoms with E-state index in [9.17, 15) is 4.79 Å². The SMILES string of the molecule is N=C1/C(=C/c2ccc(OCc3ccccc3)cc2)C(=O)N=C2SC(N3CCOCC3)=NN12. The summed E-state index contributed by atoms with van der Waals surface area (Å²) in [5.41, 5.74) is 2.08. The van der Waals surface area contributed by atoms with Gasteiger partial charge >= 0.3 is 0 Å². The van der Waals surface area contributed by atoms with E-state index in [2.05, 4.69) is 15.0 Å². The number of hydrogen-bond donors (Lipinski definition) is 1. The molecule has 1 amide bonds. The number of morpholine rings is 1. The van der Waals surface area contributed by atoms with Gasteiger partial charge in [0.05, 0.1) is 18.8 Å². The highest BCUT2D eigenvalue weighted by atomic mass is 32.2. The van der Waals surface area contributed by atoms with Gasteiger partial charge in [0, 0.05) is 13.1 Å². The van der Waals surface area contributed by atoms with Gasteiger partial charge in [0.1, 0.15) is 12.4 Å². The Hall–Kier alpha value is -3.43. The third kappa shape index (κ3) is 4.30. The van der Waals surface area contributed by atoms with Crippen LogP contribution in [-0.2, 0) is 16.1 Å². The maximum Gasteiger partial charge on any atom is 0.283 e. The van der Waals surface area contributed by atoms with Crippen molar-refractivity contribution in [3.63, 3.8) is 0 Å². The monoisotopic (exact) mass is 447 g/mol. The van der Waals surface area contributed by atoms with E-state index in [-0.39, 0.29) is 11.4 Å².